The number of hydrogen-bond acceptors (Lipinski definition) is 7. The van der Waals surface area contributed by atoms with Crippen LogP contribution in [0.15, 0.2) is 42.5 Å². The molecule has 0 radical (unpaired) electrons. The molecule has 3 rings (SSSR count). The first-order valence-corrected chi connectivity index (χ1v) is 10.1. The fourth-order valence-electron chi connectivity index (χ4n) is 2.88. The lowest BCUT2D eigenvalue weighted by Gasteiger charge is -2.09. The van der Waals surface area contributed by atoms with Crippen LogP contribution in [0.4, 0.5) is 9.52 Å². The molecule has 1 N–H and O–H groups in total. The number of aromatic nitrogens is 1. The number of thiazole rings is 1. The molecular weight excluding hydrogens is 423 g/mol. The molecule has 162 valence electrons. The summed E-state index contributed by atoms with van der Waals surface area (Å²) in [5, 5.41) is 2.98. The zero-order valence-corrected chi connectivity index (χ0v) is 18.0. The molecule has 0 atom stereocenters. The smallest absolute Gasteiger partial charge is 0.358 e. The van der Waals surface area contributed by atoms with E-state index in [-0.39, 0.29) is 23.2 Å². The molecular formula is C22H21FN2O5S. The Labute approximate surface area is 182 Å². The molecule has 0 aliphatic rings. The molecule has 1 aromatic heterocycles. The van der Waals surface area contributed by atoms with Gasteiger partial charge >= 0.3 is 5.97 Å². The van der Waals surface area contributed by atoms with Crippen LogP contribution in [0, 0.1) is 5.82 Å². The molecule has 9 heteroatoms. The van der Waals surface area contributed by atoms with E-state index < -0.39 is 11.8 Å². The fraction of sp³-hybridized carbons (Fsp3) is 0.227. The van der Waals surface area contributed by atoms with Gasteiger partial charge in [0.15, 0.2) is 22.3 Å². The Kier molecular flexibility index (Phi) is 7.19. The third kappa shape index (κ3) is 5.37. The van der Waals surface area contributed by atoms with E-state index in [4.69, 9.17) is 14.2 Å². The molecule has 2 aromatic carbocycles. The number of carbonyl (C=O) groups is 2. The number of carbonyl (C=O) groups excluding carboxylic acids is 2. The van der Waals surface area contributed by atoms with Gasteiger partial charge < -0.3 is 19.5 Å². The number of anilines is 1. The minimum absolute atomic E-state index is 0.0642. The molecule has 0 saturated heterocycles. The van der Waals surface area contributed by atoms with Crippen molar-refractivity contribution in [2.24, 2.45) is 0 Å². The second-order valence-corrected chi connectivity index (χ2v) is 7.43. The topological polar surface area (TPSA) is 86.8 Å². The van der Waals surface area contributed by atoms with Crippen LogP contribution < -0.4 is 14.8 Å². The number of esters is 1. The van der Waals surface area contributed by atoms with Gasteiger partial charge in [-0.25, -0.2) is 14.2 Å². The van der Waals surface area contributed by atoms with Gasteiger partial charge in [0.2, 0.25) is 5.91 Å². The van der Waals surface area contributed by atoms with Gasteiger partial charge in [-0.05, 0) is 41.8 Å². The van der Waals surface area contributed by atoms with Gasteiger partial charge in [-0.1, -0.05) is 29.5 Å². The molecule has 3 aromatic rings. The number of hydrogen-bond donors (Lipinski definition) is 1. The van der Waals surface area contributed by atoms with Crippen molar-refractivity contribution in [1.82, 2.24) is 4.98 Å². The summed E-state index contributed by atoms with van der Waals surface area (Å²) < 4.78 is 28.5. The predicted molar refractivity (Wildman–Crippen MR) is 115 cm³/mol. The van der Waals surface area contributed by atoms with Crippen molar-refractivity contribution < 1.29 is 28.2 Å². The molecule has 1 heterocycles. The number of methoxy groups -OCH3 is 3. The van der Waals surface area contributed by atoms with Crippen LogP contribution in [0.25, 0.3) is 10.4 Å². The highest BCUT2D eigenvalue weighted by Gasteiger charge is 2.21. The van der Waals surface area contributed by atoms with Crippen molar-refractivity contribution in [2.75, 3.05) is 26.6 Å². The Balaban J connectivity index is 1.72. The summed E-state index contributed by atoms with van der Waals surface area (Å²) in [5.74, 6) is -0.0854. The lowest BCUT2D eigenvalue weighted by molar-refractivity contribution is -0.116. The van der Waals surface area contributed by atoms with Crippen LogP contribution in [-0.4, -0.2) is 38.2 Å². The molecule has 1 amide bonds. The number of halogens is 1. The van der Waals surface area contributed by atoms with Crippen molar-refractivity contribution >= 4 is 28.3 Å². The Morgan fingerprint density at radius 2 is 1.74 bits per heavy atom. The van der Waals surface area contributed by atoms with Crippen molar-refractivity contribution in [3.05, 3.63) is 59.5 Å². The van der Waals surface area contributed by atoms with Gasteiger partial charge in [0.05, 0.1) is 26.2 Å². The highest BCUT2D eigenvalue weighted by molar-refractivity contribution is 7.19. The molecule has 31 heavy (non-hydrogen) atoms. The molecule has 0 spiro atoms. The molecule has 0 aliphatic heterocycles. The molecule has 0 unspecified atom stereocenters. The Morgan fingerprint density at radius 1 is 1.03 bits per heavy atom. The Hall–Kier alpha value is -3.46. The van der Waals surface area contributed by atoms with E-state index in [2.05, 4.69) is 10.3 Å². The first-order chi connectivity index (χ1) is 14.9. The quantitative estimate of drug-likeness (QED) is 0.521. The van der Waals surface area contributed by atoms with Gasteiger partial charge in [0.25, 0.3) is 0 Å². The summed E-state index contributed by atoms with van der Waals surface area (Å²) >= 11 is 1.12. The zero-order chi connectivity index (χ0) is 22.4. The monoisotopic (exact) mass is 444 g/mol. The summed E-state index contributed by atoms with van der Waals surface area (Å²) in [7, 11) is 4.35. The van der Waals surface area contributed by atoms with Crippen LogP contribution >= 0.6 is 11.3 Å². The fourth-order valence-corrected chi connectivity index (χ4v) is 3.86. The average Bonchev–Trinajstić information content (AvgIpc) is 3.20. The van der Waals surface area contributed by atoms with E-state index >= 15 is 0 Å². The lowest BCUT2D eigenvalue weighted by Crippen LogP contribution is -2.12. The number of amides is 1. The number of ether oxygens (including phenoxy) is 3. The predicted octanol–water partition coefficient (Wildman–Crippen LogP) is 4.32. The van der Waals surface area contributed by atoms with Crippen LogP contribution in [0.2, 0.25) is 0 Å². The van der Waals surface area contributed by atoms with Gasteiger partial charge in [-0.3, -0.25) is 4.79 Å². The Bertz CT molecular complexity index is 1080. The standard InChI is InChI=1S/C22H21FN2O5S/c1-28-16-10-4-13(12-17(16)29-2)5-11-18(26)24-22-25-19(21(27)30-3)20(31-22)14-6-8-15(23)9-7-14/h4,6-10,12H,5,11H2,1-3H3,(H,24,25,26). The lowest BCUT2D eigenvalue weighted by atomic mass is 10.1. The second kappa shape index (κ2) is 10.0. The number of aryl methyl sites for hydroxylation is 1. The Morgan fingerprint density at radius 3 is 2.39 bits per heavy atom. The minimum atomic E-state index is -0.638. The first kappa shape index (κ1) is 22.2. The van der Waals surface area contributed by atoms with E-state index in [1.165, 1.54) is 31.4 Å². The maximum absolute atomic E-state index is 13.2. The molecule has 7 nitrogen and oxygen atoms in total. The SMILES string of the molecule is COC(=O)c1nc(NC(=O)CCc2ccc(OC)c(OC)c2)sc1-c1ccc(F)cc1. The molecule has 0 fully saturated rings. The van der Waals surface area contributed by atoms with E-state index in [1.807, 2.05) is 12.1 Å². The van der Waals surface area contributed by atoms with Gasteiger partial charge in [0.1, 0.15) is 5.82 Å². The van der Waals surface area contributed by atoms with E-state index in [9.17, 15) is 14.0 Å². The summed E-state index contributed by atoms with van der Waals surface area (Å²) in [6.07, 6.45) is 0.681. The van der Waals surface area contributed by atoms with Crippen LogP contribution in [-0.2, 0) is 16.0 Å². The van der Waals surface area contributed by atoms with Crippen molar-refractivity contribution in [3.8, 4) is 21.9 Å². The average molecular weight is 444 g/mol. The van der Waals surface area contributed by atoms with Crippen LogP contribution in [0.5, 0.6) is 11.5 Å². The van der Waals surface area contributed by atoms with Gasteiger partial charge in [-0.2, -0.15) is 0 Å². The summed E-state index contributed by atoms with van der Waals surface area (Å²) in [5.41, 5.74) is 1.58. The van der Waals surface area contributed by atoms with Crippen molar-refractivity contribution in [1.29, 1.82) is 0 Å². The highest BCUT2D eigenvalue weighted by atomic mass is 32.1. The normalized spacial score (nSPS) is 10.5. The maximum atomic E-state index is 13.2. The minimum Gasteiger partial charge on any atom is -0.493 e. The molecule has 0 aliphatic carbocycles. The molecule has 0 saturated carbocycles. The van der Waals surface area contributed by atoms with E-state index in [0.717, 1.165) is 16.9 Å². The number of benzene rings is 2. The van der Waals surface area contributed by atoms with E-state index in [0.29, 0.717) is 28.4 Å². The van der Waals surface area contributed by atoms with Crippen molar-refractivity contribution in [3.63, 3.8) is 0 Å². The van der Waals surface area contributed by atoms with Crippen LogP contribution in [0.1, 0.15) is 22.5 Å². The first-order valence-electron chi connectivity index (χ1n) is 9.31. The molecule has 0 bridgehead atoms. The third-order valence-corrected chi connectivity index (χ3v) is 5.47. The summed E-state index contributed by atoms with van der Waals surface area (Å²) in [6.45, 7) is 0. The zero-order valence-electron chi connectivity index (χ0n) is 17.2. The summed E-state index contributed by atoms with van der Waals surface area (Å²) in [6, 6.07) is 11.1. The van der Waals surface area contributed by atoms with Gasteiger partial charge in [-0.15, -0.1) is 0 Å². The van der Waals surface area contributed by atoms with Crippen LogP contribution in [0.3, 0.4) is 0 Å². The number of rotatable bonds is 8. The number of nitrogens with one attached hydrogen (secondary N) is 1. The summed E-state index contributed by atoms with van der Waals surface area (Å²) in [4.78, 5) is 29.2. The maximum Gasteiger partial charge on any atom is 0.358 e. The highest BCUT2D eigenvalue weighted by Crippen LogP contribution is 2.34. The third-order valence-electron chi connectivity index (χ3n) is 4.45. The van der Waals surface area contributed by atoms with E-state index in [1.54, 1.807) is 20.3 Å². The largest absolute Gasteiger partial charge is 0.493 e. The second-order valence-electron chi connectivity index (χ2n) is 6.43. The van der Waals surface area contributed by atoms with Crippen molar-refractivity contribution in [2.45, 2.75) is 12.8 Å². The van der Waals surface area contributed by atoms with Gasteiger partial charge in [0, 0.05) is 6.42 Å². The number of nitrogens with zero attached hydrogens (tertiary/aromatic N) is 1.